The van der Waals surface area contributed by atoms with E-state index in [9.17, 15) is 4.79 Å². The van der Waals surface area contributed by atoms with Crippen molar-refractivity contribution in [2.24, 2.45) is 0 Å². The van der Waals surface area contributed by atoms with Crippen LogP contribution in [0.4, 0.5) is 0 Å². The molecule has 1 aliphatic heterocycles. The molecule has 2 aliphatic rings. The number of aromatic amines is 1. The van der Waals surface area contributed by atoms with Crippen LogP contribution in [0, 0.1) is 0 Å². The highest BCUT2D eigenvalue weighted by molar-refractivity contribution is 5.76. The summed E-state index contributed by atoms with van der Waals surface area (Å²) in [7, 11) is 0. The van der Waals surface area contributed by atoms with Crippen LogP contribution in [-0.4, -0.2) is 46.2 Å². The van der Waals surface area contributed by atoms with Crippen LogP contribution in [0.5, 0.6) is 0 Å². The van der Waals surface area contributed by atoms with Crippen LogP contribution in [0.15, 0.2) is 12.4 Å². The topological polar surface area (TPSA) is 61.0 Å². The highest BCUT2D eigenvalue weighted by atomic mass is 16.1. The van der Waals surface area contributed by atoms with Gasteiger partial charge in [-0.2, -0.15) is 5.10 Å². The van der Waals surface area contributed by atoms with Crippen molar-refractivity contribution in [1.29, 1.82) is 0 Å². The summed E-state index contributed by atoms with van der Waals surface area (Å²) >= 11 is 0. The van der Waals surface area contributed by atoms with E-state index in [1.165, 1.54) is 51.5 Å². The van der Waals surface area contributed by atoms with E-state index in [0.29, 0.717) is 12.5 Å². The summed E-state index contributed by atoms with van der Waals surface area (Å²) in [5.74, 6) is 0.162. The van der Waals surface area contributed by atoms with E-state index < -0.39 is 0 Å². The second-order valence-corrected chi connectivity index (χ2v) is 7.07. The molecule has 1 saturated heterocycles. The van der Waals surface area contributed by atoms with Crippen LogP contribution >= 0.6 is 0 Å². The molecule has 5 heteroatoms. The molecule has 1 saturated carbocycles. The van der Waals surface area contributed by atoms with E-state index in [0.717, 1.165) is 31.0 Å². The number of rotatable bonds is 7. The van der Waals surface area contributed by atoms with Crippen molar-refractivity contribution >= 4 is 5.91 Å². The lowest BCUT2D eigenvalue weighted by atomic mass is 9.96. The number of hydrogen-bond acceptors (Lipinski definition) is 3. The minimum absolute atomic E-state index is 0.162. The molecule has 0 unspecified atom stereocenters. The molecule has 1 aromatic rings. The standard InChI is InChI=1S/C18H30N4O/c23-18(9-8-15-13-20-21-14-15)19-11-10-17-7-3-4-12-22(17)16-5-1-2-6-16/h13-14,16-17H,1-12H2,(H,19,23)(H,20,21)/t17-/m0/s1. The third kappa shape index (κ3) is 4.80. The van der Waals surface area contributed by atoms with E-state index in [2.05, 4.69) is 20.4 Å². The van der Waals surface area contributed by atoms with Gasteiger partial charge in [0.15, 0.2) is 0 Å². The molecule has 1 aliphatic carbocycles. The maximum Gasteiger partial charge on any atom is 0.220 e. The first kappa shape index (κ1) is 16.5. The van der Waals surface area contributed by atoms with Gasteiger partial charge >= 0.3 is 0 Å². The van der Waals surface area contributed by atoms with Crippen LogP contribution in [0.3, 0.4) is 0 Å². The number of carbonyl (C=O) groups is 1. The molecule has 2 N–H and O–H groups in total. The third-order valence-electron chi connectivity index (χ3n) is 5.46. The number of hydrogen-bond donors (Lipinski definition) is 2. The number of aromatic nitrogens is 2. The van der Waals surface area contributed by atoms with Gasteiger partial charge in [-0.05, 0) is 50.6 Å². The van der Waals surface area contributed by atoms with Gasteiger partial charge in [0, 0.05) is 31.2 Å². The van der Waals surface area contributed by atoms with Crippen LogP contribution < -0.4 is 5.32 Å². The highest BCUT2D eigenvalue weighted by Gasteiger charge is 2.30. The molecular formula is C18H30N4O. The van der Waals surface area contributed by atoms with Gasteiger partial charge in [0.1, 0.15) is 0 Å². The highest BCUT2D eigenvalue weighted by Crippen LogP contribution is 2.30. The minimum atomic E-state index is 0.162. The number of piperidine rings is 1. The fraction of sp³-hybridized carbons (Fsp3) is 0.778. The summed E-state index contributed by atoms with van der Waals surface area (Å²) in [6.45, 7) is 2.09. The van der Waals surface area contributed by atoms with Crippen molar-refractivity contribution in [3.8, 4) is 0 Å². The Morgan fingerprint density at radius 2 is 2.09 bits per heavy atom. The van der Waals surface area contributed by atoms with Crippen LogP contribution in [0.1, 0.15) is 63.4 Å². The SMILES string of the molecule is O=C(CCc1cn[nH]c1)NCC[C@@H]1CCCCN1C1CCCC1. The number of carbonyl (C=O) groups excluding carboxylic acids is 1. The molecule has 2 heterocycles. The first-order valence-corrected chi connectivity index (χ1v) is 9.33. The van der Waals surface area contributed by atoms with Crippen LogP contribution in [0.25, 0.3) is 0 Å². The number of amides is 1. The number of likely N-dealkylation sites (tertiary alicyclic amines) is 1. The molecule has 3 rings (SSSR count). The Morgan fingerprint density at radius 1 is 1.26 bits per heavy atom. The summed E-state index contributed by atoms with van der Waals surface area (Å²) in [5, 5.41) is 9.80. The molecular weight excluding hydrogens is 288 g/mol. The molecule has 0 aromatic carbocycles. The summed E-state index contributed by atoms with van der Waals surface area (Å²) in [4.78, 5) is 14.7. The Kier molecular flexibility index (Phi) is 6.08. The predicted octanol–water partition coefficient (Wildman–Crippen LogP) is 2.65. The predicted molar refractivity (Wildman–Crippen MR) is 91.1 cm³/mol. The van der Waals surface area contributed by atoms with Gasteiger partial charge in [-0.3, -0.25) is 14.8 Å². The molecule has 23 heavy (non-hydrogen) atoms. The monoisotopic (exact) mass is 318 g/mol. The summed E-state index contributed by atoms with van der Waals surface area (Å²) < 4.78 is 0. The van der Waals surface area contributed by atoms with E-state index in [1.807, 2.05) is 6.20 Å². The average Bonchev–Trinajstić information content (AvgIpc) is 3.27. The maximum atomic E-state index is 12.0. The Balaban J connectivity index is 1.37. The van der Waals surface area contributed by atoms with Gasteiger partial charge < -0.3 is 5.32 Å². The molecule has 0 radical (unpaired) electrons. The molecule has 1 amide bonds. The van der Waals surface area contributed by atoms with Gasteiger partial charge in [-0.1, -0.05) is 19.3 Å². The lowest BCUT2D eigenvalue weighted by Gasteiger charge is -2.40. The Bertz CT molecular complexity index is 467. The van der Waals surface area contributed by atoms with Crippen LogP contribution in [0.2, 0.25) is 0 Å². The van der Waals surface area contributed by atoms with Crippen molar-refractivity contribution in [1.82, 2.24) is 20.4 Å². The van der Waals surface area contributed by atoms with E-state index in [4.69, 9.17) is 0 Å². The number of nitrogens with one attached hydrogen (secondary N) is 2. The zero-order valence-electron chi connectivity index (χ0n) is 14.1. The smallest absolute Gasteiger partial charge is 0.220 e. The van der Waals surface area contributed by atoms with Crippen molar-refractivity contribution in [3.63, 3.8) is 0 Å². The molecule has 0 spiro atoms. The second kappa shape index (κ2) is 8.48. The number of H-pyrrole nitrogens is 1. The molecule has 1 aromatic heterocycles. The minimum Gasteiger partial charge on any atom is -0.356 e. The lowest BCUT2D eigenvalue weighted by Crippen LogP contribution is -2.46. The Morgan fingerprint density at radius 3 is 2.87 bits per heavy atom. The summed E-state index contributed by atoms with van der Waals surface area (Å²) in [6, 6.07) is 1.50. The van der Waals surface area contributed by atoms with Gasteiger partial charge in [-0.15, -0.1) is 0 Å². The van der Waals surface area contributed by atoms with Gasteiger partial charge in [0.25, 0.3) is 0 Å². The largest absolute Gasteiger partial charge is 0.356 e. The van der Waals surface area contributed by atoms with E-state index >= 15 is 0 Å². The average molecular weight is 318 g/mol. The molecule has 2 fully saturated rings. The zero-order valence-corrected chi connectivity index (χ0v) is 14.1. The van der Waals surface area contributed by atoms with Crippen molar-refractivity contribution in [3.05, 3.63) is 18.0 Å². The van der Waals surface area contributed by atoms with Crippen molar-refractivity contribution in [2.75, 3.05) is 13.1 Å². The molecule has 5 nitrogen and oxygen atoms in total. The van der Waals surface area contributed by atoms with Crippen molar-refractivity contribution < 1.29 is 4.79 Å². The fourth-order valence-corrected chi connectivity index (χ4v) is 4.19. The van der Waals surface area contributed by atoms with E-state index in [-0.39, 0.29) is 5.91 Å². The summed E-state index contributed by atoms with van der Waals surface area (Å²) in [5.41, 5.74) is 1.10. The van der Waals surface area contributed by atoms with E-state index in [1.54, 1.807) is 6.20 Å². The molecule has 1 atom stereocenters. The molecule has 0 bridgehead atoms. The zero-order chi connectivity index (χ0) is 15.9. The fourth-order valence-electron chi connectivity index (χ4n) is 4.19. The van der Waals surface area contributed by atoms with Gasteiger partial charge in [0.2, 0.25) is 5.91 Å². The normalized spacial score (nSPS) is 23.2. The third-order valence-corrected chi connectivity index (χ3v) is 5.46. The quantitative estimate of drug-likeness (QED) is 0.812. The first-order valence-electron chi connectivity index (χ1n) is 9.33. The maximum absolute atomic E-state index is 12.0. The van der Waals surface area contributed by atoms with Crippen LogP contribution in [-0.2, 0) is 11.2 Å². The Hall–Kier alpha value is -1.36. The number of nitrogens with zero attached hydrogens (tertiary/aromatic N) is 2. The molecule has 128 valence electrons. The van der Waals surface area contributed by atoms with Gasteiger partial charge in [0.05, 0.1) is 6.20 Å². The lowest BCUT2D eigenvalue weighted by molar-refractivity contribution is -0.121. The second-order valence-electron chi connectivity index (χ2n) is 7.07. The van der Waals surface area contributed by atoms with Gasteiger partial charge in [-0.25, -0.2) is 0 Å². The Labute approximate surface area is 139 Å². The first-order chi connectivity index (χ1) is 11.3. The summed E-state index contributed by atoms with van der Waals surface area (Å²) in [6.07, 6.45) is 15.6. The van der Waals surface area contributed by atoms with Crippen molar-refractivity contribution in [2.45, 2.75) is 76.3 Å². The number of aryl methyl sites for hydroxylation is 1.